The molecule has 0 saturated carbocycles. The van der Waals surface area contributed by atoms with Crippen LogP contribution in [-0.2, 0) is 17.9 Å². The minimum absolute atomic E-state index is 0.0918. The van der Waals surface area contributed by atoms with Crippen molar-refractivity contribution in [1.29, 1.82) is 0 Å². The first-order chi connectivity index (χ1) is 13.7. The van der Waals surface area contributed by atoms with Gasteiger partial charge in [0.05, 0.1) is 23.4 Å². The highest BCUT2D eigenvalue weighted by atomic mass is 16.5. The first-order valence-corrected chi connectivity index (χ1v) is 8.92. The fourth-order valence-corrected chi connectivity index (χ4v) is 2.95. The number of hydrogen-bond donors (Lipinski definition) is 1. The van der Waals surface area contributed by atoms with Crippen molar-refractivity contribution in [2.24, 2.45) is 0 Å². The summed E-state index contributed by atoms with van der Waals surface area (Å²) in [7, 11) is 0. The molecule has 1 amide bonds. The molecule has 2 aromatic heterocycles. The van der Waals surface area contributed by atoms with Crippen molar-refractivity contribution < 1.29 is 9.53 Å². The maximum Gasteiger partial charge on any atom is 0.258 e. The summed E-state index contributed by atoms with van der Waals surface area (Å²) in [5, 5.41) is 19.5. The summed E-state index contributed by atoms with van der Waals surface area (Å²) in [5.41, 5.74) is 2.65. The second kappa shape index (κ2) is 7.87. The van der Waals surface area contributed by atoms with Gasteiger partial charge in [-0.15, -0.1) is 5.10 Å². The molecule has 28 heavy (non-hydrogen) atoms. The van der Waals surface area contributed by atoms with Crippen molar-refractivity contribution in [3.63, 3.8) is 0 Å². The number of carbonyl (C=O) groups excluding carboxylic acids is 1. The Kier molecular flexibility index (Phi) is 4.96. The van der Waals surface area contributed by atoms with Crippen molar-refractivity contribution >= 4 is 16.8 Å². The third-order valence-corrected chi connectivity index (χ3v) is 4.29. The number of hydrogen-bond acceptors (Lipinski definition) is 6. The molecule has 0 unspecified atom stereocenters. The van der Waals surface area contributed by atoms with E-state index < -0.39 is 0 Å². The van der Waals surface area contributed by atoms with E-state index in [-0.39, 0.29) is 12.5 Å². The van der Waals surface area contributed by atoms with Gasteiger partial charge in [0.2, 0.25) is 0 Å². The van der Waals surface area contributed by atoms with Crippen LogP contribution in [0.2, 0.25) is 0 Å². The van der Waals surface area contributed by atoms with Gasteiger partial charge >= 0.3 is 0 Å². The number of carbonyl (C=O) groups is 1. The molecule has 0 aliphatic heterocycles. The molecule has 4 rings (SSSR count). The summed E-state index contributed by atoms with van der Waals surface area (Å²) in [6.45, 7) is 3.07. The lowest BCUT2D eigenvalue weighted by Gasteiger charge is -2.08. The molecule has 142 valence electrons. The van der Waals surface area contributed by atoms with Gasteiger partial charge in [0.25, 0.3) is 5.91 Å². The summed E-state index contributed by atoms with van der Waals surface area (Å²) >= 11 is 0. The molecule has 9 nitrogen and oxygen atoms in total. The highest BCUT2D eigenvalue weighted by Gasteiger charge is 2.11. The Labute approximate surface area is 160 Å². The second-order valence-electron chi connectivity index (χ2n) is 6.10. The number of nitrogens with zero attached hydrogens (tertiary/aromatic N) is 6. The number of ether oxygens (including phenoxy) is 1. The van der Waals surface area contributed by atoms with Crippen LogP contribution in [0.5, 0.6) is 5.75 Å². The lowest BCUT2D eigenvalue weighted by Crippen LogP contribution is -2.28. The number of aromatic nitrogens is 6. The van der Waals surface area contributed by atoms with Gasteiger partial charge in [0.15, 0.2) is 6.61 Å². The molecule has 0 aliphatic carbocycles. The van der Waals surface area contributed by atoms with Crippen molar-refractivity contribution in [3.8, 4) is 11.4 Å². The van der Waals surface area contributed by atoms with Gasteiger partial charge in [-0.3, -0.25) is 9.48 Å². The number of nitrogens with one attached hydrogen (secondary N) is 1. The molecular formula is C19H19N7O2. The largest absolute Gasteiger partial charge is 0.484 e. The molecule has 0 fully saturated rings. The second-order valence-corrected chi connectivity index (χ2v) is 6.10. The van der Waals surface area contributed by atoms with E-state index in [0.29, 0.717) is 12.3 Å². The molecule has 0 bridgehead atoms. The highest BCUT2D eigenvalue weighted by molar-refractivity contribution is 5.83. The number of tetrazole rings is 1. The van der Waals surface area contributed by atoms with E-state index in [4.69, 9.17) is 4.74 Å². The molecule has 0 saturated heterocycles. The molecule has 0 radical (unpaired) electrons. The molecule has 1 N–H and O–H groups in total. The predicted molar refractivity (Wildman–Crippen MR) is 102 cm³/mol. The van der Waals surface area contributed by atoms with Crippen LogP contribution in [0, 0.1) is 0 Å². The van der Waals surface area contributed by atoms with Crippen molar-refractivity contribution in [3.05, 3.63) is 60.6 Å². The van der Waals surface area contributed by atoms with Crippen molar-refractivity contribution in [2.75, 3.05) is 6.61 Å². The van der Waals surface area contributed by atoms with Crippen LogP contribution in [0.3, 0.4) is 0 Å². The summed E-state index contributed by atoms with van der Waals surface area (Å²) < 4.78 is 9.03. The number of para-hydroxylation sites is 1. The molecule has 0 atom stereocenters. The maximum atomic E-state index is 12.2. The van der Waals surface area contributed by atoms with Crippen LogP contribution in [0.15, 0.2) is 54.9 Å². The van der Waals surface area contributed by atoms with Crippen LogP contribution >= 0.6 is 0 Å². The zero-order chi connectivity index (χ0) is 19.3. The monoisotopic (exact) mass is 377 g/mol. The zero-order valence-electron chi connectivity index (χ0n) is 15.3. The van der Waals surface area contributed by atoms with E-state index in [0.717, 1.165) is 28.8 Å². The Morgan fingerprint density at radius 1 is 1.18 bits per heavy atom. The Hall–Kier alpha value is -3.75. The van der Waals surface area contributed by atoms with E-state index in [1.807, 2.05) is 48.0 Å². The van der Waals surface area contributed by atoms with Crippen LogP contribution in [0.25, 0.3) is 16.6 Å². The van der Waals surface area contributed by atoms with Gasteiger partial charge in [-0.25, -0.2) is 4.68 Å². The minimum atomic E-state index is -0.219. The molecule has 0 aliphatic rings. The quantitative estimate of drug-likeness (QED) is 0.526. The number of benzene rings is 2. The zero-order valence-corrected chi connectivity index (χ0v) is 15.3. The SMILES string of the molecule is CCn1nc(CNC(=O)COc2cccc(-n3cnnn3)c2)c2ccccc21. The lowest BCUT2D eigenvalue weighted by molar-refractivity contribution is -0.123. The van der Waals surface area contributed by atoms with Crippen LogP contribution in [-0.4, -0.2) is 42.5 Å². The van der Waals surface area contributed by atoms with Gasteiger partial charge in [0.1, 0.15) is 12.1 Å². The average Bonchev–Trinajstić information content (AvgIpc) is 3.39. The summed E-state index contributed by atoms with van der Waals surface area (Å²) in [4.78, 5) is 12.2. The number of aryl methyl sites for hydroxylation is 1. The van der Waals surface area contributed by atoms with Crippen molar-refractivity contribution in [1.82, 2.24) is 35.3 Å². The van der Waals surface area contributed by atoms with E-state index >= 15 is 0 Å². The van der Waals surface area contributed by atoms with E-state index in [1.54, 1.807) is 12.1 Å². The topological polar surface area (TPSA) is 99.8 Å². The fourth-order valence-electron chi connectivity index (χ4n) is 2.95. The summed E-state index contributed by atoms with van der Waals surface area (Å²) in [5.74, 6) is 0.340. The number of fused-ring (bicyclic) bond motifs is 1. The molecule has 9 heteroatoms. The smallest absolute Gasteiger partial charge is 0.258 e. The Bertz CT molecular complexity index is 1090. The van der Waals surface area contributed by atoms with Gasteiger partial charge in [-0.05, 0) is 35.5 Å². The average molecular weight is 377 g/mol. The first-order valence-electron chi connectivity index (χ1n) is 8.92. The number of rotatable bonds is 7. The van der Waals surface area contributed by atoms with Gasteiger partial charge in [0, 0.05) is 18.0 Å². The van der Waals surface area contributed by atoms with Crippen LogP contribution in [0.4, 0.5) is 0 Å². The predicted octanol–water partition coefficient (Wildman–Crippen LogP) is 1.73. The molecule has 2 heterocycles. The Balaban J connectivity index is 1.36. The first kappa shape index (κ1) is 17.7. The van der Waals surface area contributed by atoms with E-state index in [2.05, 4.69) is 25.9 Å². The normalized spacial score (nSPS) is 10.9. The molecule has 4 aromatic rings. The highest BCUT2D eigenvalue weighted by Crippen LogP contribution is 2.18. The fraction of sp³-hybridized carbons (Fsp3) is 0.211. The van der Waals surface area contributed by atoms with Crippen LogP contribution < -0.4 is 10.1 Å². The summed E-state index contributed by atoms with van der Waals surface area (Å²) in [6, 6.07) is 15.2. The third-order valence-electron chi connectivity index (χ3n) is 4.29. The molecule has 0 spiro atoms. The van der Waals surface area contributed by atoms with Crippen molar-refractivity contribution in [2.45, 2.75) is 20.0 Å². The van der Waals surface area contributed by atoms with Crippen LogP contribution in [0.1, 0.15) is 12.6 Å². The molecular weight excluding hydrogens is 358 g/mol. The maximum absolute atomic E-state index is 12.2. The number of amides is 1. The summed E-state index contributed by atoms with van der Waals surface area (Å²) in [6.07, 6.45) is 1.49. The Morgan fingerprint density at radius 2 is 2.07 bits per heavy atom. The van der Waals surface area contributed by atoms with Gasteiger partial charge in [-0.2, -0.15) is 5.10 Å². The lowest BCUT2D eigenvalue weighted by atomic mass is 10.2. The Morgan fingerprint density at radius 3 is 2.89 bits per heavy atom. The van der Waals surface area contributed by atoms with E-state index in [1.165, 1.54) is 11.0 Å². The van der Waals surface area contributed by atoms with E-state index in [9.17, 15) is 4.79 Å². The van der Waals surface area contributed by atoms with Gasteiger partial charge in [-0.1, -0.05) is 24.3 Å². The van der Waals surface area contributed by atoms with Gasteiger partial charge < -0.3 is 10.1 Å². The standard InChI is InChI=1S/C19H19N7O2/c1-2-25-18-9-4-3-8-16(18)17(22-25)11-20-19(27)12-28-15-7-5-6-14(10-15)26-13-21-23-24-26/h3-10,13H,2,11-12H2,1H3,(H,20,27). The minimum Gasteiger partial charge on any atom is -0.484 e. The molecule has 2 aromatic carbocycles. The third kappa shape index (κ3) is 3.68.